The maximum absolute atomic E-state index is 10.9. The molecule has 6 N–H and O–H groups in total. The molecule has 0 bridgehead atoms. The molecule has 0 aromatic heterocycles. The Labute approximate surface area is 93.1 Å². The number of hydrogen-bond donors (Lipinski definition) is 6. The first-order valence-electron chi connectivity index (χ1n) is 5.12. The van der Waals surface area contributed by atoms with E-state index in [0.717, 1.165) is 0 Å². The molecule has 7 nitrogen and oxygen atoms in total. The van der Waals surface area contributed by atoms with E-state index in [-0.39, 0.29) is 19.1 Å². The van der Waals surface area contributed by atoms with Crippen LogP contribution in [0.25, 0.3) is 0 Å². The highest BCUT2D eigenvalue weighted by molar-refractivity contribution is 5.73. The van der Waals surface area contributed by atoms with E-state index in [4.69, 9.17) is 10.2 Å². The molecule has 1 heterocycles. The standard InChI is InChI=1S/C9H18N2O5/c1-4(14)10-7-5(2-12)11-6(3-13)8(15)9(7)16/h5-9,11-13,15-16H,2-3H2,1H3,(H,10,14)/t5-,6-,7+,8+,9-/m1/s1. The Kier molecular flexibility index (Phi) is 4.63. The van der Waals surface area contributed by atoms with Crippen molar-refractivity contribution in [2.45, 2.75) is 37.3 Å². The lowest BCUT2D eigenvalue weighted by atomic mass is 9.88. The van der Waals surface area contributed by atoms with Crippen LogP contribution in [0.2, 0.25) is 0 Å². The van der Waals surface area contributed by atoms with E-state index in [1.807, 2.05) is 0 Å². The first-order valence-corrected chi connectivity index (χ1v) is 5.12. The Morgan fingerprint density at radius 3 is 2.19 bits per heavy atom. The quantitative estimate of drug-likeness (QED) is 0.302. The van der Waals surface area contributed by atoms with Crippen LogP contribution in [0.5, 0.6) is 0 Å². The van der Waals surface area contributed by atoms with Crippen LogP contribution >= 0.6 is 0 Å². The molecule has 0 spiro atoms. The third kappa shape index (κ3) is 2.69. The van der Waals surface area contributed by atoms with Gasteiger partial charge in [-0.3, -0.25) is 4.79 Å². The van der Waals surface area contributed by atoms with Crippen LogP contribution in [0.3, 0.4) is 0 Å². The van der Waals surface area contributed by atoms with Crippen molar-refractivity contribution in [3.63, 3.8) is 0 Å². The number of carbonyl (C=O) groups excluding carboxylic acids is 1. The molecule has 5 atom stereocenters. The molecule has 0 saturated carbocycles. The number of nitrogens with one attached hydrogen (secondary N) is 2. The summed E-state index contributed by atoms with van der Waals surface area (Å²) in [7, 11) is 0. The first-order chi connectivity index (χ1) is 7.51. The summed E-state index contributed by atoms with van der Waals surface area (Å²) in [4.78, 5) is 10.9. The number of hydrogen-bond acceptors (Lipinski definition) is 6. The Morgan fingerprint density at radius 1 is 1.19 bits per heavy atom. The van der Waals surface area contributed by atoms with Crippen LogP contribution in [0.15, 0.2) is 0 Å². The second-order valence-corrected chi connectivity index (χ2v) is 3.95. The van der Waals surface area contributed by atoms with Gasteiger partial charge in [-0.2, -0.15) is 0 Å². The lowest BCUT2D eigenvalue weighted by molar-refractivity contribution is -0.124. The molecule has 7 heteroatoms. The van der Waals surface area contributed by atoms with Gasteiger partial charge in [-0.05, 0) is 0 Å². The maximum Gasteiger partial charge on any atom is 0.217 e. The SMILES string of the molecule is CC(=O)N[C@@H]1[C@@H](O)[C@@H](O)[C@@H](CO)N[C@@H]1CO. The van der Waals surface area contributed by atoms with Crippen molar-refractivity contribution >= 4 is 5.91 Å². The molecule has 0 radical (unpaired) electrons. The van der Waals surface area contributed by atoms with E-state index in [1.165, 1.54) is 6.92 Å². The summed E-state index contributed by atoms with van der Waals surface area (Å²) < 4.78 is 0. The normalized spacial score (nSPS) is 39.4. The van der Waals surface area contributed by atoms with Crippen LogP contribution in [-0.4, -0.2) is 69.9 Å². The van der Waals surface area contributed by atoms with Crippen LogP contribution in [0.1, 0.15) is 6.92 Å². The van der Waals surface area contributed by atoms with Gasteiger partial charge < -0.3 is 31.1 Å². The summed E-state index contributed by atoms with van der Waals surface area (Å²) in [6, 6.07) is -2.09. The minimum atomic E-state index is -1.22. The summed E-state index contributed by atoms with van der Waals surface area (Å²) in [6.07, 6.45) is -2.41. The fourth-order valence-electron chi connectivity index (χ4n) is 1.91. The summed E-state index contributed by atoms with van der Waals surface area (Å²) in [6.45, 7) is 0.610. The number of rotatable bonds is 3. The number of carbonyl (C=O) groups is 1. The van der Waals surface area contributed by atoms with Crippen molar-refractivity contribution in [3.8, 4) is 0 Å². The van der Waals surface area contributed by atoms with Gasteiger partial charge in [0.2, 0.25) is 5.91 Å². The van der Waals surface area contributed by atoms with Crippen molar-refractivity contribution < 1.29 is 25.2 Å². The highest BCUT2D eigenvalue weighted by atomic mass is 16.3. The van der Waals surface area contributed by atoms with Crippen molar-refractivity contribution in [1.29, 1.82) is 0 Å². The third-order valence-corrected chi connectivity index (χ3v) is 2.76. The van der Waals surface area contributed by atoms with Crippen LogP contribution in [0.4, 0.5) is 0 Å². The molecule has 1 aliphatic heterocycles. The van der Waals surface area contributed by atoms with Gasteiger partial charge in [-0.15, -0.1) is 0 Å². The van der Waals surface area contributed by atoms with Crippen LogP contribution in [0, 0.1) is 0 Å². The zero-order valence-electron chi connectivity index (χ0n) is 9.00. The molecule has 0 aliphatic carbocycles. The van der Waals surface area contributed by atoms with Gasteiger partial charge in [-0.1, -0.05) is 0 Å². The Hall–Kier alpha value is -0.730. The zero-order chi connectivity index (χ0) is 12.3. The van der Waals surface area contributed by atoms with Crippen molar-refractivity contribution in [3.05, 3.63) is 0 Å². The zero-order valence-corrected chi connectivity index (χ0v) is 9.00. The average molecular weight is 234 g/mol. The summed E-state index contributed by atoms with van der Waals surface area (Å²) in [5.41, 5.74) is 0. The van der Waals surface area contributed by atoms with Crippen molar-refractivity contribution in [2.24, 2.45) is 0 Å². The van der Waals surface area contributed by atoms with E-state index in [0.29, 0.717) is 0 Å². The Morgan fingerprint density at radius 2 is 1.75 bits per heavy atom. The minimum Gasteiger partial charge on any atom is -0.395 e. The van der Waals surface area contributed by atoms with Gasteiger partial charge >= 0.3 is 0 Å². The topological polar surface area (TPSA) is 122 Å². The fourth-order valence-corrected chi connectivity index (χ4v) is 1.91. The van der Waals surface area contributed by atoms with E-state index in [1.54, 1.807) is 0 Å². The molecule has 0 unspecified atom stereocenters. The number of aliphatic hydroxyl groups is 4. The third-order valence-electron chi connectivity index (χ3n) is 2.76. The number of piperidine rings is 1. The largest absolute Gasteiger partial charge is 0.395 e. The van der Waals surface area contributed by atoms with Gasteiger partial charge in [0.1, 0.15) is 6.10 Å². The molecule has 1 fully saturated rings. The van der Waals surface area contributed by atoms with E-state index >= 15 is 0 Å². The molecule has 1 amide bonds. The predicted octanol–water partition coefficient (Wildman–Crippen LogP) is -3.46. The lowest BCUT2D eigenvalue weighted by Gasteiger charge is -2.42. The minimum absolute atomic E-state index is 0.314. The van der Waals surface area contributed by atoms with E-state index in [9.17, 15) is 15.0 Å². The molecule has 16 heavy (non-hydrogen) atoms. The van der Waals surface area contributed by atoms with Gasteiger partial charge in [0.15, 0.2) is 0 Å². The molecular weight excluding hydrogens is 216 g/mol. The Balaban J connectivity index is 2.77. The molecule has 0 aromatic carbocycles. The van der Waals surface area contributed by atoms with E-state index in [2.05, 4.69) is 10.6 Å². The number of amides is 1. The van der Waals surface area contributed by atoms with E-state index < -0.39 is 30.3 Å². The summed E-state index contributed by atoms with van der Waals surface area (Å²) >= 11 is 0. The highest BCUT2D eigenvalue weighted by Gasteiger charge is 2.42. The summed E-state index contributed by atoms with van der Waals surface area (Å²) in [5, 5.41) is 42.7. The number of aliphatic hydroxyl groups excluding tert-OH is 4. The molecular formula is C9H18N2O5. The smallest absolute Gasteiger partial charge is 0.217 e. The van der Waals surface area contributed by atoms with Crippen LogP contribution < -0.4 is 10.6 Å². The van der Waals surface area contributed by atoms with Crippen LogP contribution in [-0.2, 0) is 4.79 Å². The average Bonchev–Trinajstić information content (AvgIpc) is 2.25. The molecule has 1 saturated heterocycles. The van der Waals surface area contributed by atoms with Gasteiger partial charge in [0.25, 0.3) is 0 Å². The second-order valence-electron chi connectivity index (χ2n) is 3.95. The highest BCUT2D eigenvalue weighted by Crippen LogP contribution is 2.15. The maximum atomic E-state index is 10.9. The second kappa shape index (κ2) is 5.55. The van der Waals surface area contributed by atoms with Gasteiger partial charge in [0.05, 0.1) is 37.4 Å². The lowest BCUT2D eigenvalue weighted by Crippen LogP contribution is -2.70. The summed E-state index contributed by atoms with van der Waals surface area (Å²) in [5.74, 6) is -0.362. The molecule has 1 aliphatic rings. The first kappa shape index (κ1) is 13.3. The van der Waals surface area contributed by atoms with Crippen molar-refractivity contribution in [1.82, 2.24) is 10.6 Å². The monoisotopic (exact) mass is 234 g/mol. The van der Waals surface area contributed by atoms with Crippen molar-refractivity contribution in [2.75, 3.05) is 13.2 Å². The predicted molar refractivity (Wildman–Crippen MR) is 54.5 cm³/mol. The molecule has 1 rings (SSSR count). The molecule has 94 valence electrons. The fraction of sp³-hybridized carbons (Fsp3) is 0.889. The van der Waals surface area contributed by atoms with Gasteiger partial charge in [0, 0.05) is 6.92 Å². The van der Waals surface area contributed by atoms with Gasteiger partial charge in [-0.25, -0.2) is 0 Å². The molecule has 0 aromatic rings. The Bertz CT molecular complexity index is 248.